The van der Waals surface area contributed by atoms with Crippen molar-refractivity contribution in [2.24, 2.45) is 0 Å². The normalized spacial score (nSPS) is 11.6. The Bertz CT molecular complexity index is 736. The van der Waals surface area contributed by atoms with Crippen molar-refractivity contribution in [2.45, 2.75) is 24.6 Å². The molecule has 6 heteroatoms. The molecule has 21 heavy (non-hydrogen) atoms. The smallest absolute Gasteiger partial charge is 0.273 e. The number of sulfonamides is 1. The van der Waals surface area contributed by atoms with Crippen LogP contribution in [0.2, 0.25) is 0 Å². The van der Waals surface area contributed by atoms with Crippen LogP contribution in [-0.4, -0.2) is 22.5 Å². The third-order valence-corrected chi connectivity index (χ3v) is 6.55. The molecule has 0 saturated carbocycles. The van der Waals surface area contributed by atoms with Gasteiger partial charge in [0.25, 0.3) is 10.0 Å². The van der Waals surface area contributed by atoms with Crippen LogP contribution >= 0.6 is 11.3 Å². The molecule has 1 aromatic carbocycles. The van der Waals surface area contributed by atoms with Crippen molar-refractivity contribution in [1.82, 2.24) is 5.32 Å². The summed E-state index contributed by atoms with van der Waals surface area (Å²) in [4.78, 5) is 0. The summed E-state index contributed by atoms with van der Waals surface area (Å²) in [7, 11) is -0.0582. The summed E-state index contributed by atoms with van der Waals surface area (Å²) in [5, 5.41) is 4.90. The van der Waals surface area contributed by atoms with E-state index in [-0.39, 0.29) is 0 Å². The SMILES string of the molecule is CNCc1csc(S(=O)(=O)N(C)c2ccc(C)cc2C)c1. The highest BCUT2D eigenvalue weighted by Gasteiger charge is 2.24. The standard InChI is InChI=1S/C15H20N2O2S2/c1-11-5-6-14(12(2)7-11)17(4)21(18,19)15-8-13(9-16-3)10-20-15/h5-8,10,16H,9H2,1-4H3. The minimum atomic E-state index is -3.50. The lowest BCUT2D eigenvalue weighted by atomic mass is 10.1. The van der Waals surface area contributed by atoms with Crippen LogP contribution in [0.15, 0.2) is 33.9 Å². The van der Waals surface area contributed by atoms with Gasteiger partial charge in [0.1, 0.15) is 4.21 Å². The summed E-state index contributed by atoms with van der Waals surface area (Å²) >= 11 is 1.26. The first-order chi connectivity index (χ1) is 9.86. The van der Waals surface area contributed by atoms with Crippen molar-refractivity contribution in [2.75, 3.05) is 18.4 Å². The van der Waals surface area contributed by atoms with Crippen LogP contribution in [0.5, 0.6) is 0 Å². The lowest BCUT2D eigenvalue weighted by Gasteiger charge is -2.20. The van der Waals surface area contributed by atoms with Crippen LogP contribution in [-0.2, 0) is 16.6 Å². The van der Waals surface area contributed by atoms with Gasteiger partial charge < -0.3 is 5.32 Å². The molecular weight excluding hydrogens is 304 g/mol. The molecule has 2 rings (SSSR count). The minimum Gasteiger partial charge on any atom is -0.316 e. The molecule has 0 atom stereocenters. The second kappa shape index (κ2) is 6.17. The van der Waals surface area contributed by atoms with Gasteiger partial charge in [0.2, 0.25) is 0 Å². The molecule has 0 radical (unpaired) electrons. The van der Waals surface area contributed by atoms with E-state index >= 15 is 0 Å². The maximum atomic E-state index is 12.7. The monoisotopic (exact) mass is 324 g/mol. The first-order valence-electron chi connectivity index (χ1n) is 6.64. The van der Waals surface area contributed by atoms with Gasteiger partial charge in [-0.3, -0.25) is 4.31 Å². The maximum Gasteiger partial charge on any atom is 0.273 e. The number of aryl methyl sites for hydroxylation is 2. The van der Waals surface area contributed by atoms with E-state index in [2.05, 4.69) is 5.32 Å². The van der Waals surface area contributed by atoms with E-state index in [9.17, 15) is 8.42 Å². The molecule has 4 nitrogen and oxygen atoms in total. The Hall–Kier alpha value is -1.37. The summed E-state index contributed by atoms with van der Waals surface area (Å²) in [6.07, 6.45) is 0. The lowest BCUT2D eigenvalue weighted by molar-refractivity contribution is 0.596. The number of hydrogen-bond donors (Lipinski definition) is 1. The number of thiophene rings is 1. The fraction of sp³-hybridized carbons (Fsp3) is 0.333. The predicted octanol–water partition coefficient (Wildman–Crippen LogP) is 2.91. The Morgan fingerprint density at radius 2 is 1.95 bits per heavy atom. The molecule has 0 aliphatic carbocycles. The topological polar surface area (TPSA) is 49.4 Å². The molecular formula is C15H20N2O2S2. The molecule has 1 aromatic heterocycles. The second-order valence-corrected chi connectivity index (χ2v) is 8.17. The van der Waals surface area contributed by atoms with E-state index in [0.29, 0.717) is 16.4 Å². The molecule has 0 fully saturated rings. The molecule has 0 aliphatic rings. The third kappa shape index (κ3) is 3.28. The first-order valence-corrected chi connectivity index (χ1v) is 8.96. The molecule has 0 amide bonds. The number of nitrogens with zero attached hydrogens (tertiary/aromatic N) is 1. The number of anilines is 1. The largest absolute Gasteiger partial charge is 0.316 e. The van der Waals surface area contributed by atoms with Gasteiger partial charge >= 0.3 is 0 Å². The van der Waals surface area contributed by atoms with Crippen LogP contribution in [0, 0.1) is 13.8 Å². The quantitative estimate of drug-likeness (QED) is 0.920. The van der Waals surface area contributed by atoms with Gasteiger partial charge in [0.15, 0.2) is 0 Å². The van der Waals surface area contributed by atoms with Crippen LogP contribution in [0.25, 0.3) is 0 Å². The summed E-state index contributed by atoms with van der Waals surface area (Å²) in [6.45, 7) is 4.59. The van der Waals surface area contributed by atoms with Crippen LogP contribution < -0.4 is 9.62 Å². The van der Waals surface area contributed by atoms with Crippen molar-refractivity contribution in [1.29, 1.82) is 0 Å². The number of nitrogens with one attached hydrogen (secondary N) is 1. The zero-order valence-electron chi connectivity index (χ0n) is 12.7. The average Bonchev–Trinajstić information content (AvgIpc) is 2.88. The van der Waals surface area contributed by atoms with Crippen molar-refractivity contribution in [3.05, 3.63) is 46.3 Å². The maximum absolute atomic E-state index is 12.7. The van der Waals surface area contributed by atoms with Gasteiger partial charge in [-0.05, 0) is 49.5 Å². The molecule has 0 aliphatic heterocycles. The van der Waals surface area contributed by atoms with Crippen molar-refractivity contribution in [3.8, 4) is 0 Å². The highest BCUT2D eigenvalue weighted by Crippen LogP contribution is 2.29. The van der Waals surface area contributed by atoms with Crippen LogP contribution in [0.1, 0.15) is 16.7 Å². The summed E-state index contributed by atoms with van der Waals surface area (Å²) in [6, 6.07) is 7.50. The van der Waals surface area contributed by atoms with Gasteiger partial charge in [-0.25, -0.2) is 8.42 Å². The third-order valence-electron chi connectivity index (χ3n) is 3.32. The Labute approximate surface area is 130 Å². The Kier molecular flexibility index (Phi) is 4.70. The molecule has 0 spiro atoms. The average molecular weight is 324 g/mol. The van der Waals surface area contributed by atoms with E-state index in [1.54, 1.807) is 13.1 Å². The van der Waals surface area contributed by atoms with Gasteiger partial charge in [0.05, 0.1) is 5.69 Å². The van der Waals surface area contributed by atoms with E-state index in [1.807, 2.05) is 44.5 Å². The number of benzene rings is 1. The van der Waals surface area contributed by atoms with Gasteiger partial charge in [-0.15, -0.1) is 11.3 Å². The van der Waals surface area contributed by atoms with Gasteiger partial charge in [-0.2, -0.15) is 0 Å². The number of rotatable bonds is 5. The molecule has 2 aromatic rings. The highest BCUT2D eigenvalue weighted by molar-refractivity contribution is 7.94. The van der Waals surface area contributed by atoms with Crippen LogP contribution in [0.4, 0.5) is 5.69 Å². The molecule has 1 N–H and O–H groups in total. The summed E-state index contributed by atoms with van der Waals surface area (Å²) in [5.74, 6) is 0. The molecule has 1 heterocycles. The van der Waals surface area contributed by atoms with Gasteiger partial charge in [0, 0.05) is 13.6 Å². The fourth-order valence-corrected chi connectivity index (χ4v) is 4.85. The van der Waals surface area contributed by atoms with Crippen LogP contribution in [0.3, 0.4) is 0 Å². The second-order valence-electron chi connectivity index (χ2n) is 5.07. The highest BCUT2D eigenvalue weighted by atomic mass is 32.2. The van der Waals surface area contributed by atoms with E-state index < -0.39 is 10.0 Å². The number of hydrogen-bond acceptors (Lipinski definition) is 4. The molecule has 0 unspecified atom stereocenters. The zero-order chi connectivity index (χ0) is 15.6. The van der Waals surface area contributed by atoms with E-state index in [1.165, 1.54) is 15.6 Å². The van der Waals surface area contributed by atoms with Crippen molar-refractivity contribution < 1.29 is 8.42 Å². The molecule has 0 saturated heterocycles. The zero-order valence-corrected chi connectivity index (χ0v) is 14.3. The molecule has 0 bridgehead atoms. The van der Waals surface area contributed by atoms with Gasteiger partial charge in [-0.1, -0.05) is 17.7 Å². The Morgan fingerprint density at radius 1 is 1.24 bits per heavy atom. The first kappa shape index (κ1) is 16.0. The summed E-state index contributed by atoms with van der Waals surface area (Å²) < 4.78 is 27.1. The fourth-order valence-electron chi connectivity index (χ4n) is 2.21. The Balaban J connectivity index is 2.37. The van der Waals surface area contributed by atoms with E-state index in [4.69, 9.17) is 0 Å². The summed E-state index contributed by atoms with van der Waals surface area (Å²) in [5.41, 5.74) is 3.77. The Morgan fingerprint density at radius 3 is 2.57 bits per heavy atom. The van der Waals surface area contributed by atoms with Crippen molar-refractivity contribution >= 4 is 27.0 Å². The predicted molar refractivity (Wildman–Crippen MR) is 88.6 cm³/mol. The van der Waals surface area contributed by atoms with E-state index in [0.717, 1.165) is 16.7 Å². The minimum absolute atomic E-state index is 0.371. The lowest BCUT2D eigenvalue weighted by Crippen LogP contribution is -2.26. The molecule has 114 valence electrons. The van der Waals surface area contributed by atoms with Crippen molar-refractivity contribution in [3.63, 3.8) is 0 Å².